The first-order chi connectivity index (χ1) is 34.2. The van der Waals surface area contributed by atoms with Crippen molar-refractivity contribution in [2.45, 2.75) is 82.3 Å². The normalized spacial score (nSPS) is 18.5. The molecule has 1 aromatic heterocycles. The van der Waals surface area contributed by atoms with Gasteiger partial charge in [0.15, 0.2) is 5.78 Å². The predicted octanol–water partition coefficient (Wildman–Crippen LogP) is 4.25. The summed E-state index contributed by atoms with van der Waals surface area (Å²) in [5.74, 6) is -0.677. The Bertz CT molecular complexity index is 2290. The van der Waals surface area contributed by atoms with E-state index in [1.54, 1.807) is 48.7 Å². The Hall–Kier alpha value is -6.41. The maximum absolute atomic E-state index is 13.2. The first-order valence-electron chi connectivity index (χ1n) is 24.5. The zero-order valence-corrected chi connectivity index (χ0v) is 39.7. The number of phenols is 1. The van der Waals surface area contributed by atoms with Crippen LogP contribution in [0.4, 0.5) is 11.5 Å². The number of piperidine rings is 1. The van der Waals surface area contributed by atoms with E-state index in [0.29, 0.717) is 102 Å². The lowest BCUT2D eigenvalue weighted by Crippen LogP contribution is -2.54. The third-order valence-corrected chi connectivity index (χ3v) is 12.7. The Morgan fingerprint density at radius 3 is 2.17 bits per heavy atom. The standard InChI is InChI=1S/C51H65N7O12/c59-43-13-7-6-10-39(43)44(60)19-22-56-34-37-32-36(56)35-57(37)45-17-15-38(33-54-45)70-23-8-4-2-1-3-5-14-46(61)53-21-25-67-27-29-69-31-30-68-28-26-66-24-20-52-41-12-9-11-40-48(41)51(65)58(50(40)64)42-16-18-47(62)55-49(42)63/h6-7,9-13,15,17,19,22,33,36-37,42,52,59H,1-5,8,14,16,18,20-21,23-32,34-35H2,(H,53,61)(H,55,62,63)/b22-19+/t36-,37-,42?/m1/s1. The van der Waals surface area contributed by atoms with Crippen molar-refractivity contribution in [1.82, 2.24) is 25.4 Å². The van der Waals surface area contributed by atoms with Gasteiger partial charge in [-0.15, -0.1) is 0 Å². The lowest BCUT2D eigenvalue weighted by molar-refractivity contribution is -0.136. The van der Waals surface area contributed by atoms with Crippen LogP contribution in [0.25, 0.3) is 0 Å². The van der Waals surface area contributed by atoms with E-state index in [1.165, 1.54) is 6.07 Å². The van der Waals surface area contributed by atoms with E-state index in [9.17, 15) is 33.9 Å². The van der Waals surface area contributed by atoms with Gasteiger partial charge in [0.05, 0.1) is 82.3 Å². The molecule has 5 heterocycles. The molecule has 376 valence electrons. The molecule has 0 spiro atoms. The van der Waals surface area contributed by atoms with E-state index in [4.69, 9.17) is 23.7 Å². The monoisotopic (exact) mass is 967 g/mol. The van der Waals surface area contributed by atoms with Crippen molar-refractivity contribution >= 4 is 46.8 Å². The number of aromatic hydroxyl groups is 1. The quantitative estimate of drug-likeness (QED) is 0.0306. The number of rotatable bonds is 31. The number of para-hydroxylation sites is 1. The number of unbranched alkanes of at least 4 members (excludes halogenated alkanes) is 5. The van der Waals surface area contributed by atoms with Crippen molar-refractivity contribution in [3.8, 4) is 11.5 Å². The maximum Gasteiger partial charge on any atom is 0.264 e. The molecule has 5 amide bonds. The van der Waals surface area contributed by atoms with Gasteiger partial charge in [0, 0.05) is 69.1 Å². The number of nitrogens with zero attached hydrogens (tertiary/aromatic N) is 4. The SMILES string of the molecule is O=C(CCCCCCCCOc1ccc(N2C[C@H]3C[C@@H]2CN3/C=C/C(=O)c2ccccc2O)nc1)NCCOCCOCCOCCOCCNc1cccc2c1C(=O)N(C1CCC(=O)NC1=O)C2=O. The van der Waals surface area contributed by atoms with Crippen molar-refractivity contribution < 1.29 is 57.6 Å². The minimum atomic E-state index is -1.02. The molecule has 19 heteroatoms. The van der Waals surface area contributed by atoms with Crippen LogP contribution in [0.2, 0.25) is 0 Å². The first-order valence-corrected chi connectivity index (χ1v) is 24.5. The Morgan fingerprint density at radius 2 is 1.47 bits per heavy atom. The van der Waals surface area contributed by atoms with Gasteiger partial charge in [-0.2, -0.15) is 0 Å². The van der Waals surface area contributed by atoms with Gasteiger partial charge < -0.3 is 49.2 Å². The molecule has 1 unspecified atom stereocenters. The molecule has 70 heavy (non-hydrogen) atoms. The summed E-state index contributed by atoms with van der Waals surface area (Å²) in [4.78, 5) is 85.0. The van der Waals surface area contributed by atoms with Crippen molar-refractivity contribution in [2.75, 3.05) is 95.9 Å². The lowest BCUT2D eigenvalue weighted by Gasteiger charge is -2.34. The van der Waals surface area contributed by atoms with E-state index in [2.05, 4.69) is 30.7 Å². The summed E-state index contributed by atoms with van der Waals surface area (Å²) in [6, 6.07) is 15.1. The maximum atomic E-state index is 13.2. The number of allylic oxidation sites excluding steroid dienone is 1. The average Bonchev–Trinajstić information content (AvgIpc) is 4.04. The fourth-order valence-electron chi connectivity index (χ4n) is 9.04. The van der Waals surface area contributed by atoms with Crippen LogP contribution in [0.5, 0.6) is 11.5 Å². The molecule has 0 aliphatic carbocycles. The smallest absolute Gasteiger partial charge is 0.264 e. The zero-order valence-electron chi connectivity index (χ0n) is 39.7. The van der Waals surface area contributed by atoms with Gasteiger partial charge in [0.1, 0.15) is 23.4 Å². The van der Waals surface area contributed by atoms with Crippen molar-refractivity contribution in [3.05, 3.63) is 89.8 Å². The fourth-order valence-corrected chi connectivity index (χ4v) is 9.04. The van der Waals surface area contributed by atoms with Gasteiger partial charge in [-0.1, -0.05) is 43.9 Å². The van der Waals surface area contributed by atoms with Gasteiger partial charge in [-0.05, 0) is 62.1 Å². The Balaban J connectivity index is 0.607. The number of imide groups is 2. The van der Waals surface area contributed by atoms with Crippen LogP contribution >= 0.6 is 0 Å². The molecular weight excluding hydrogens is 903 g/mol. The number of fused-ring (bicyclic) bond motifs is 3. The Labute approximate surface area is 408 Å². The molecule has 3 aromatic rings. The number of ether oxygens (including phenoxy) is 5. The molecule has 3 fully saturated rings. The van der Waals surface area contributed by atoms with Crippen LogP contribution in [0.15, 0.2) is 73.1 Å². The van der Waals surface area contributed by atoms with E-state index in [1.807, 2.05) is 18.3 Å². The summed E-state index contributed by atoms with van der Waals surface area (Å²) in [6.45, 7) is 6.21. The van der Waals surface area contributed by atoms with Gasteiger partial charge in [-0.3, -0.25) is 39.0 Å². The number of likely N-dealkylation sites (tertiary alicyclic amines) is 1. The predicted molar refractivity (Wildman–Crippen MR) is 258 cm³/mol. The molecule has 2 bridgehead atoms. The zero-order chi connectivity index (χ0) is 49.1. The molecule has 4 aliphatic rings. The van der Waals surface area contributed by atoms with E-state index >= 15 is 0 Å². The summed E-state index contributed by atoms with van der Waals surface area (Å²) in [5.41, 5.74) is 1.19. The minimum Gasteiger partial charge on any atom is -0.507 e. The number of anilines is 2. The summed E-state index contributed by atoms with van der Waals surface area (Å²) < 4.78 is 28.2. The second-order valence-electron chi connectivity index (χ2n) is 17.6. The number of pyridine rings is 1. The van der Waals surface area contributed by atoms with E-state index < -0.39 is 29.7 Å². The number of carbonyl (C=O) groups excluding carboxylic acids is 6. The van der Waals surface area contributed by atoms with Crippen LogP contribution in [0.1, 0.15) is 95.3 Å². The molecule has 0 saturated carbocycles. The highest BCUT2D eigenvalue weighted by Crippen LogP contribution is 2.35. The first kappa shape index (κ1) is 51.4. The molecule has 0 radical (unpaired) electrons. The topological polar surface area (TPSA) is 228 Å². The lowest BCUT2D eigenvalue weighted by atomic mass is 10.0. The highest BCUT2D eigenvalue weighted by Gasteiger charge is 2.46. The van der Waals surface area contributed by atoms with Crippen LogP contribution in [-0.4, -0.2) is 159 Å². The van der Waals surface area contributed by atoms with Crippen molar-refractivity contribution in [1.29, 1.82) is 0 Å². The number of piperazine rings is 1. The highest BCUT2D eigenvalue weighted by molar-refractivity contribution is 6.25. The minimum absolute atomic E-state index is 0.00724. The number of aromatic nitrogens is 1. The number of amides is 5. The number of hydrogen-bond donors (Lipinski definition) is 4. The van der Waals surface area contributed by atoms with Gasteiger partial charge >= 0.3 is 0 Å². The third kappa shape index (κ3) is 14.3. The van der Waals surface area contributed by atoms with Gasteiger partial charge in [-0.25, -0.2) is 4.98 Å². The number of nitrogens with one attached hydrogen (secondary N) is 3. The van der Waals surface area contributed by atoms with Gasteiger partial charge in [0.25, 0.3) is 11.8 Å². The molecule has 3 saturated heterocycles. The number of ketones is 1. The van der Waals surface area contributed by atoms with Crippen LogP contribution in [-0.2, 0) is 33.3 Å². The summed E-state index contributed by atoms with van der Waals surface area (Å²) in [6.07, 6.45) is 12.9. The summed E-state index contributed by atoms with van der Waals surface area (Å²) in [5, 5.41) is 18.2. The fraction of sp³-hybridized carbons (Fsp3) is 0.510. The summed E-state index contributed by atoms with van der Waals surface area (Å²) in [7, 11) is 0. The highest BCUT2D eigenvalue weighted by atomic mass is 16.6. The molecular formula is C51H65N7O12. The Morgan fingerprint density at radius 1 is 0.757 bits per heavy atom. The molecule has 3 atom stereocenters. The van der Waals surface area contributed by atoms with Crippen molar-refractivity contribution in [2.24, 2.45) is 0 Å². The average molecular weight is 968 g/mol. The largest absolute Gasteiger partial charge is 0.507 e. The number of phenolic OH excluding ortho intramolecular Hbond substituents is 1. The number of benzene rings is 2. The van der Waals surface area contributed by atoms with Crippen molar-refractivity contribution in [3.63, 3.8) is 0 Å². The van der Waals surface area contributed by atoms with Crippen LogP contribution in [0.3, 0.4) is 0 Å². The second-order valence-corrected chi connectivity index (χ2v) is 17.6. The molecule has 2 aromatic carbocycles. The van der Waals surface area contributed by atoms with E-state index in [-0.39, 0.29) is 41.4 Å². The molecule has 7 rings (SSSR count). The Kier molecular flexibility index (Phi) is 19.5. The van der Waals surface area contributed by atoms with Gasteiger partial charge in [0.2, 0.25) is 17.7 Å². The van der Waals surface area contributed by atoms with Crippen LogP contribution < -0.4 is 25.6 Å². The molecule has 19 nitrogen and oxygen atoms in total. The summed E-state index contributed by atoms with van der Waals surface area (Å²) >= 11 is 0. The number of hydrogen-bond acceptors (Lipinski definition) is 16. The molecule has 4 aliphatic heterocycles. The molecule has 4 N–H and O–H groups in total. The van der Waals surface area contributed by atoms with E-state index in [0.717, 1.165) is 74.5 Å². The van der Waals surface area contributed by atoms with Crippen LogP contribution in [0, 0.1) is 0 Å². The third-order valence-electron chi connectivity index (χ3n) is 12.7. The second kappa shape index (κ2) is 26.5. The number of carbonyl (C=O) groups is 6.